The molecule has 0 aliphatic carbocycles. The maximum Gasteiger partial charge on any atom is 0.114 e. The molecule has 2 aliphatic rings. The lowest BCUT2D eigenvalue weighted by atomic mass is 9.78. The molecule has 7 rings (SSSR count). The van der Waals surface area contributed by atoms with Gasteiger partial charge in [-0.25, -0.2) is 0 Å². The van der Waals surface area contributed by atoms with Crippen molar-refractivity contribution in [2.75, 3.05) is 14.1 Å². The molecular formula is C43H46N4S4. The molecule has 262 valence electrons. The number of aromatic nitrogens is 2. The van der Waals surface area contributed by atoms with Gasteiger partial charge in [-0.1, -0.05) is 84.9 Å². The number of pyridine rings is 2. The minimum atomic E-state index is 0.0473. The molecule has 0 N–H and O–H groups in total. The summed E-state index contributed by atoms with van der Waals surface area (Å²) in [6.07, 6.45) is 9.61. The average Bonchev–Trinajstić information content (AvgIpc) is 3.91. The SMILES string of the molecule is CCCC(C)(CC)C1=c2cc3c(cc2C(=S)N1C)=C(c1ccc(-c2ccc(-c4ccc(-c5ccc(C(C)(C)CCC)nc5)s4)s2)cn1)N(C)C3=S. The van der Waals surface area contributed by atoms with E-state index >= 15 is 0 Å². The maximum atomic E-state index is 6.05. The topological polar surface area (TPSA) is 32.3 Å². The summed E-state index contributed by atoms with van der Waals surface area (Å²) in [5.74, 6) is 0. The van der Waals surface area contributed by atoms with Gasteiger partial charge < -0.3 is 9.80 Å². The molecule has 1 unspecified atom stereocenters. The van der Waals surface area contributed by atoms with E-state index in [1.165, 1.54) is 36.0 Å². The van der Waals surface area contributed by atoms with Crippen LogP contribution < -0.4 is 10.4 Å². The Bertz CT molecular complexity index is 2280. The standard InChI is InChI=1S/C43H46N4S4/c1-9-20-42(4,5)37-19-13-27(25-45-37)34-16-18-36(51-34)35-17-15-33(50-35)26-12-14-32(44-24-26)38-28-22-31-29(23-30(28)40(48)46(38)7)39(47(8)41(31)49)43(6,11-3)21-10-2/h12-19,22-25H,9-11,20-21H2,1-8H3. The van der Waals surface area contributed by atoms with Gasteiger partial charge in [0, 0.05) is 101 Å². The van der Waals surface area contributed by atoms with Gasteiger partial charge >= 0.3 is 0 Å². The first kappa shape index (κ1) is 35.8. The quantitative estimate of drug-likeness (QED) is 0.125. The Kier molecular flexibility index (Phi) is 9.67. The Morgan fingerprint density at radius 3 is 1.75 bits per heavy atom. The van der Waals surface area contributed by atoms with Crippen molar-refractivity contribution in [2.45, 2.75) is 79.1 Å². The van der Waals surface area contributed by atoms with E-state index < -0.39 is 0 Å². The number of hydrogen-bond acceptors (Lipinski definition) is 6. The fourth-order valence-electron chi connectivity index (χ4n) is 7.95. The van der Waals surface area contributed by atoms with Gasteiger partial charge in [0.2, 0.25) is 0 Å². The van der Waals surface area contributed by atoms with Crippen molar-refractivity contribution in [1.82, 2.24) is 19.8 Å². The Labute approximate surface area is 321 Å². The molecule has 0 fully saturated rings. The van der Waals surface area contributed by atoms with Gasteiger partial charge in [0.1, 0.15) is 9.98 Å². The predicted molar refractivity (Wildman–Crippen MR) is 226 cm³/mol. The van der Waals surface area contributed by atoms with Crippen molar-refractivity contribution in [3.05, 3.63) is 106 Å². The van der Waals surface area contributed by atoms with E-state index in [1.807, 2.05) is 23.7 Å². The maximum absolute atomic E-state index is 6.05. The molecule has 6 heterocycles. The molecule has 51 heavy (non-hydrogen) atoms. The molecule has 4 nitrogen and oxygen atoms in total. The molecule has 1 atom stereocenters. The van der Waals surface area contributed by atoms with Crippen LogP contribution in [-0.4, -0.2) is 43.8 Å². The zero-order valence-corrected chi connectivity index (χ0v) is 34.2. The zero-order valence-electron chi connectivity index (χ0n) is 30.9. The molecular weight excluding hydrogens is 701 g/mol. The second-order valence-corrected chi connectivity index (χ2v) is 17.8. The smallest absolute Gasteiger partial charge is 0.114 e. The van der Waals surface area contributed by atoms with Crippen LogP contribution in [-0.2, 0) is 5.41 Å². The lowest BCUT2D eigenvalue weighted by Gasteiger charge is -2.34. The number of rotatable bonds is 11. The third-order valence-electron chi connectivity index (χ3n) is 10.9. The van der Waals surface area contributed by atoms with E-state index in [0.717, 1.165) is 81.1 Å². The minimum Gasteiger partial charge on any atom is -0.338 e. The van der Waals surface area contributed by atoms with Gasteiger partial charge in [0.15, 0.2) is 0 Å². The van der Waals surface area contributed by atoms with E-state index in [-0.39, 0.29) is 10.8 Å². The Hall–Kier alpha value is -3.56. The first-order valence-corrected chi connectivity index (χ1v) is 20.5. The molecule has 0 radical (unpaired) electrons. The minimum absolute atomic E-state index is 0.0473. The first-order valence-electron chi connectivity index (χ1n) is 18.0. The third-order valence-corrected chi connectivity index (χ3v) is 14.4. The van der Waals surface area contributed by atoms with E-state index in [4.69, 9.17) is 34.4 Å². The monoisotopic (exact) mass is 746 g/mol. The van der Waals surface area contributed by atoms with Gasteiger partial charge in [-0.3, -0.25) is 9.97 Å². The molecule has 4 aromatic heterocycles. The van der Waals surface area contributed by atoms with Crippen LogP contribution in [0.5, 0.6) is 0 Å². The van der Waals surface area contributed by atoms with Crippen molar-refractivity contribution < 1.29 is 0 Å². The fourth-order valence-corrected chi connectivity index (χ4v) is 10.6. The normalized spacial score (nSPS) is 15.5. The van der Waals surface area contributed by atoms with Crippen LogP contribution in [0.15, 0.2) is 73.1 Å². The van der Waals surface area contributed by atoms with Crippen LogP contribution in [0.4, 0.5) is 0 Å². The molecule has 5 aromatic rings. The fraction of sp³-hybridized carbons (Fsp3) is 0.349. The van der Waals surface area contributed by atoms with Crippen molar-refractivity contribution in [2.24, 2.45) is 5.41 Å². The van der Waals surface area contributed by atoms with Crippen molar-refractivity contribution >= 4 is 68.5 Å². The van der Waals surface area contributed by atoms with E-state index in [9.17, 15) is 0 Å². The number of fused-ring (bicyclic) bond motifs is 2. The van der Waals surface area contributed by atoms with Crippen LogP contribution >= 0.6 is 47.1 Å². The van der Waals surface area contributed by atoms with Crippen molar-refractivity contribution in [3.63, 3.8) is 0 Å². The summed E-state index contributed by atoms with van der Waals surface area (Å²) in [7, 11) is 4.18. The molecule has 0 amide bonds. The molecule has 0 saturated heterocycles. The highest BCUT2D eigenvalue weighted by molar-refractivity contribution is 7.81. The van der Waals surface area contributed by atoms with Crippen LogP contribution in [0.1, 0.15) is 96.2 Å². The predicted octanol–water partition coefficient (Wildman–Crippen LogP) is 10.4. The summed E-state index contributed by atoms with van der Waals surface area (Å²) in [5, 5.41) is 2.33. The van der Waals surface area contributed by atoms with E-state index in [2.05, 4.69) is 126 Å². The van der Waals surface area contributed by atoms with Gasteiger partial charge in [-0.2, -0.15) is 0 Å². The summed E-state index contributed by atoms with van der Waals surface area (Å²) < 4.78 is 0. The summed E-state index contributed by atoms with van der Waals surface area (Å²) >= 11 is 15.7. The number of thiocarbonyl (C=S) groups is 2. The summed E-state index contributed by atoms with van der Waals surface area (Å²) in [5.41, 5.74) is 9.05. The molecule has 0 spiro atoms. The van der Waals surface area contributed by atoms with Crippen molar-refractivity contribution in [3.8, 4) is 30.6 Å². The lowest BCUT2D eigenvalue weighted by Crippen LogP contribution is -2.31. The van der Waals surface area contributed by atoms with Crippen LogP contribution in [0.2, 0.25) is 0 Å². The first-order chi connectivity index (χ1) is 24.4. The Morgan fingerprint density at radius 1 is 0.647 bits per heavy atom. The average molecular weight is 747 g/mol. The van der Waals surface area contributed by atoms with Gasteiger partial charge in [0.05, 0.1) is 11.4 Å². The van der Waals surface area contributed by atoms with Crippen molar-refractivity contribution in [1.29, 1.82) is 0 Å². The van der Waals surface area contributed by atoms with Gasteiger partial charge in [-0.05, 0) is 73.9 Å². The molecule has 0 saturated carbocycles. The second kappa shape index (κ2) is 13.8. The lowest BCUT2D eigenvalue weighted by molar-refractivity contribution is 0.351. The van der Waals surface area contributed by atoms with E-state index in [0.29, 0.717) is 0 Å². The number of nitrogens with zero attached hydrogens (tertiary/aromatic N) is 4. The van der Waals surface area contributed by atoms with Crippen LogP contribution in [0, 0.1) is 5.41 Å². The Balaban J connectivity index is 1.17. The summed E-state index contributed by atoms with van der Waals surface area (Å²) in [6, 6.07) is 22.2. The Morgan fingerprint density at radius 2 is 1.20 bits per heavy atom. The highest BCUT2D eigenvalue weighted by Gasteiger charge is 2.37. The highest BCUT2D eigenvalue weighted by atomic mass is 32.1. The summed E-state index contributed by atoms with van der Waals surface area (Å²) in [6.45, 7) is 13.7. The zero-order chi connectivity index (χ0) is 36.2. The van der Waals surface area contributed by atoms with Crippen LogP contribution in [0.3, 0.4) is 0 Å². The summed E-state index contributed by atoms with van der Waals surface area (Å²) in [4.78, 5) is 20.9. The second-order valence-electron chi connectivity index (χ2n) is 14.9. The number of benzene rings is 1. The van der Waals surface area contributed by atoms with Crippen LogP contribution in [0.25, 0.3) is 42.0 Å². The molecule has 1 aromatic carbocycles. The molecule has 8 heteroatoms. The molecule has 0 bridgehead atoms. The van der Waals surface area contributed by atoms with Gasteiger partial charge in [-0.15, -0.1) is 22.7 Å². The molecule has 2 aliphatic heterocycles. The number of hydrogen-bond donors (Lipinski definition) is 0. The highest BCUT2D eigenvalue weighted by Crippen LogP contribution is 2.42. The van der Waals surface area contributed by atoms with Gasteiger partial charge in [0.25, 0.3) is 0 Å². The number of thiophene rings is 2. The third kappa shape index (κ3) is 6.22. The van der Waals surface area contributed by atoms with E-state index in [1.54, 1.807) is 11.3 Å². The largest absolute Gasteiger partial charge is 0.338 e.